The Bertz CT molecular complexity index is 891. The van der Waals surface area contributed by atoms with Crippen LogP contribution in [0.25, 0.3) is 17.1 Å². The highest BCUT2D eigenvalue weighted by molar-refractivity contribution is 5.85. The van der Waals surface area contributed by atoms with Gasteiger partial charge in [0.05, 0.1) is 23.5 Å². The SMILES string of the molecule is N#Cc1cc(-n2nc(C(=O)[O-])cc2-c2ccco2)ccc1F. The van der Waals surface area contributed by atoms with Gasteiger partial charge < -0.3 is 14.3 Å². The maximum atomic E-state index is 13.4. The van der Waals surface area contributed by atoms with Crippen molar-refractivity contribution >= 4 is 5.97 Å². The molecule has 6 nitrogen and oxygen atoms in total. The molecule has 0 atom stereocenters. The van der Waals surface area contributed by atoms with Crippen LogP contribution in [0.15, 0.2) is 47.1 Å². The predicted molar refractivity (Wildman–Crippen MR) is 70.3 cm³/mol. The maximum Gasteiger partial charge on any atom is 0.152 e. The van der Waals surface area contributed by atoms with Crippen molar-refractivity contribution in [2.75, 3.05) is 0 Å². The van der Waals surface area contributed by atoms with Gasteiger partial charge in [-0.15, -0.1) is 0 Å². The number of aromatic carboxylic acids is 1. The standard InChI is InChI=1S/C15H8FN3O3/c16-11-4-3-10(6-9(11)8-17)19-13(14-2-1-5-22-14)7-12(18-19)15(20)21/h1-7H,(H,20,21)/p-1. The van der Waals surface area contributed by atoms with E-state index >= 15 is 0 Å². The van der Waals surface area contributed by atoms with Crippen LogP contribution in [0.3, 0.4) is 0 Å². The van der Waals surface area contributed by atoms with E-state index in [1.165, 1.54) is 29.1 Å². The van der Waals surface area contributed by atoms with Crippen molar-refractivity contribution in [2.45, 2.75) is 0 Å². The second kappa shape index (κ2) is 5.18. The van der Waals surface area contributed by atoms with Crippen molar-refractivity contribution in [1.82, 2.24) is 9.78 Å². The second-order valence-corrected chi connectivity index (χ2v) is 4.37. The van der Waals surface area contributed by atoms with Crippen molar-refractivity contribution in [1.29, 1.82) is 5.26 Å². The zero-order chi connectivity index (χ0) is 15.7. The van der Waals surface area contributed by atoms with Crippen LogP contribution in [0, 0.1) is 17.1 Å². The number of rotatable bonds is 3. The van der Waals surface area contributed by atoms with Gasteiger partial charge in [-0.3, -0.25) is 0 Å². The van der Waals surface area contributed by atoms with E-state index in [9.17, 15) is 14.3 Å². The summed E-state index contributed by atoms with van der Waals surface area (Å²) < 4.78 is 19.9. The van der Waals surface area contributed by atoms with E-state index in [1.54, 1.807) is 18.2 Å². The Morgan fingerprint density at radius 1 is 1.36 bits per heavy atom. The van der Waals surface area contributed by atoms with E-state index in [0.717, 1.165) is 6.07 Å². The number of carbonyl (C=O) groups excluding carboxylic acids is 1. The molecule has 0 bridgehead atoms. The lowest BCUT2D eigenvalue weighted by Crippen LogP contribution is -2.22. The Labute approximate surface area is 123 Å². The fourth-order valence-corrected chi connectivity index (χ4v) is 2.01. The molecule has 0 fully saturated rings. The Morgan fingerprint density at radius 3 is 2.82 bits per heavy atom. The molecule has 2 heterocycles. The van der Waals surface area contributed by atoms with Crippen LogP contribution < -0.4 is 5.11 Å². The fraction of sp³-hybridized carbons (Fsp3) is 0. The van der Waals surface area contributed by atoms with Crippen molar-refractivity contribution < 1.29 is 18.7 Å². The van der Waals surface area contributed by atoms with Crippen molar-refractivity contribution in [3.8, 4) is 23.2 Å². The lowest BCUT2D eigenvalue weighted by atomic mass is 10.2. The van der Waals surface area contributed by atoms with E-state index in [1.807, 2.05) is 0 Å². The number of carbonyl (C=O) groups is 1. The first-order chi connectivity index (χ1) is 10.6. The van der Waals surface area contributed by atoms with Crippen LogP contribution in [-0.4, -0.2) is 15.7 Å². The van der Waals surface area contributed by atoms with Gasteiger partial charge in [0.2, 0.25) is 0 Å². The van der Waals surface area contributed by atoms with E-state index in [4.69, 9.17) is 9.68 Å². The van der Waals surface area contributed by atoms with E-state index in [2.05, 4.69) is 5.10 Å². The van der Waals surface area contributed by atoms with Crippen molar-refractivity contribution in [3.63, 3.8) is 0 Å². The number of benzene rings is 1. The molecule has 7 heteroatoms. The Balaban J connectivity index is 2.22. The number of hydrogen-bond acceptors (Lipinski definition) is 5. The molecule has 0 N–H and O–H groups in total. The molecule has 0 spiro atoms. The molecule has 0 saturated heterocycles. The van der Waals surface area contributed by atoms with Crippen molar-refractivity contribution in [3.05, 3.63) is 59.7 Å². The van der Waals surface area contributed by atoms with E-state index < -0.39 is 11.8 Å². The fourth-order valence-electron chi connectivity index (χ4n) is 2.01. The highest BCUT2D eigenvalue weighted by Crippen LogP contribution is 2.25. The number of furan rings is 1. The molecular weight excluding hydrogens is 289 g/mol. The third kappa shape index (κ3) is 2.23. The quantitative estimate of drug-likeness (QED) is 0.730. The number of carboxylic acid groups (broad SMARTS) is 1. The monoisotopic (exact) mass is 296 g/mol. The van der Waals surface area contributed by atoms with E-state index in [-0.39, 0.29) is 11.3 Å². The Hall–Kier alpha value is -3.40. The molecule has 0 aliphatic heterocycles. The highest BCUT2D eigenvalue weighted by atomic mass is 19.1. The number of nitriles is 1. The van der Waals surface area contributed by atoms with Gasteiger partial charge in [-0.25, -0.2) is 9.07 Å². The Kier molecular flexibility index (Phi) is 3.20. The van der Waals surface area contributed by atoms with Gasteiger partial charge >= 0.3 is 0 Å². The summed E-state index contributed by atoms with van der Waals surface area (Å²) in [6, 6.07) is 10.0. The molecule has 0 aliphatic carbocycles. The highest BCUT2D eigenvalue weighted by Gasteiger charge is 2.15. The number of halogens is 1. The molecule has 22 heavy (non-hydrogen) atoms. The van der Waals surface area contributed by atoms with Gasteiger partial charge in [0.25, 0.3) is 0 Å². The summed E-state index contributed by atoms with van der Waals surface area (Å²) in [6.07, 6.45) is 1.43. The summed E-state index contributed by atoms with van der Waals surface area (Å²) in [7, 11) is 0. The third-order valence-corrected chi connectivity index (χ3v) is 3.01. The van der Waals surface area contributed by atoms with E-state index in [0.29, 0.717) is 17.1 Å². The summed E-state index contributed by atoms with van der Waals surface area (Å²) in [4.78, 5) is 11.0. The zero-order valence-corrected chi connectivity index (χ0v) is 11.0. The minimum atomic E-state index is -1.45. The van der Waals surface area contributed by atoms with Crippen LogP contribution in [0.2, 0.25) is 0 Å². The second-order valence-electron chi connectivity index (χ2n) is 4.37. The first kappa shape index (κ1) is 13.6. The summed E-state index contributed by atoms with van der Waals surface area (Å²) in [5.41, 5.74) is 0.208. The molecule has 0 saturated carbocycles. The first-order valence-corrected chi connectivity index (χ1v) is 6.15. The van der Waals surface area contributed by atoms with Crippen molar-refractivity contribution in [2.24, 2.45) is 0 Å². The van der Waals surface area contributed by atoms with Crippen LogP contribution in [0.1, 0.15) is 16.1 Å². The van der Waals surface area contributed by atoms with Crippen LogP contribution in [0.5, 0.6) is 0 Å². The molecule has 0 radical (unpaired) electrons. The van der Waals surface area contributed by atoms with Crippen LogP contribution >= 0.6 is 0 Å². The van der Waals surface area contributed by atoms with Crippen LogP contribution in [0.4, 0.5) is 4.39 Å². The minimum absolute atomic E-state index is 0.173. The summed E-state index contributed by atoms with van der Waals surface area (Å²) in [5.74, 6) is -1.74. The van der Waals surface area contributed by atoms with Gasteiger partial charge in [0, 0.05) is 0 Å². The molecule has 0 unspecified atom stereocenters. The normalized spacial score (nSPS) is 10.4. The maximum absolute atomic E-state index is 13.4. The average molecular weight is 296 g/mol. The predicted octanol–water partition coefficient (Wildman–Crippen LogP) is 1.51. The number of aromatic nitrogens is 2. The molecule has 3 rings (SSSR count). The topological polar surface area (TPSA) is 94.9 Å². The zero-order valence-electron chi connectivity index (χ0n) is 11.0. The first-order valence-electron chi connectivity index (χ1n) is 6.15. The minimum Gasteiger partial charge on any atom is -0.543 e. The molecule has 108 valence electrons. The van der Waals surface area contributed by atoms with Crippen LogP contribution in [-0.2, 0) is 0 Å². The molecule has 3 aromatic rings. The smallest absolute Gasteiger partial charge is 0.152 e. The molecule has 0 amide bonds. The lowest BCUT2D eigenvalue weighted by Gasteiger charge is -2.06. The molecular formula is C15H7FN3O3-. The number of hydrogen-bond donors (Lipinski definition) is 0. The molecule has 2 aromatic heterocycles. The van der Waals surface area contributed by atoms with Gasteiger partial charge in [0.15, 0.2) is 5.76 Å². The van der Waals surface area contributed by atoms with Gasteiger partial charge in [-0.05, 0) is 36.4 Å². The largest absolute Gasteiger partial charge is 0.543 e. The number of carboxylic acids is 1. The van der Waals surface area contributed by atoms with Gasteiger partial charge in [-0.2, -0.15) is 10.4 Å². The molecule has 1 aromatic carbocycles. The van der Waals surface area contributed by atoms with Gasteiger partial charge in [-0.1, -0.05) is 0 Å². The molecule has 0 aliphatic rings. The summed E-state index contributed by atoms with van der Waals surface area (Å²) in [5, 5.41) is 23.8. The average Bonchev–Trinajstić information content (AvgIpc) is 3.16. The number of nitrogens with zero attached hydrogens (tertiary/aromatic N) is 3. The summed E-state index contributed by atoms with van der Waals surface area (Å²) >= 11 is 0. The lowest BCUT2D eigenvalue weighted by molar-refractivity contribution is -0.255. The Morgan fingerprint density at radius 2 is 2.18 bits per heavy atom. The third-order valence-electron chi connectivity index (χ3n) is 3.01. The summed E-state index contributed by atoms with van der Waals surface area (Å²) in [6.45, 7) is 0. The van der Waals surface area contributed by atoms with Gasteiger partial charge in [0.1, 0.15) is 23.3 Å².